The number of carbonyl (C=O) groups is 1. The van der Waals surface area contributed by atoms with E-state index in [9.17, 15) is 15.0 Å². The zero-order valence-corrected chi connectivity index (χ0v) is 12.4. The zero-order chi connectivity index (χ0) is 15.1. The molecular formula is C14H20ClNO4. The van der Waals surface area contributed by atoms with E-state index in [2.05, 4.69) is 0 Å². The predicted molar refractivity (Wildman–Crippen MR) is 76.7 cm³/mol. The molecule has 0 radical (unpaired) electrons. The molecule has 5 nitrogen and oxygen atoms in total. The van der Waals surface area contributed by atoms with Crippen LogP contribution < -0.4 is 0 Å². The number of hydrogen-bond acceptors (Lipinski definition) is 5. The van der Waals surface area contributed by atoms with Crippen molar-refractivity contribution >= 4 is 17.7 Å². The Bertz CT molecular complexity index is 451. The molecule has 0 fully saturated rings. The third kappa shape index (κ3) is 4.90. The second-order valence-corrected chi connectivity index (χ2v) is 5.12. The van der Waals surface area contributed by atoms with Crippen LogP contribution >= 0.6 is 11.8 Å². The van der Waals surface area contributed by atoms with Gasteiger partial charge in [-0.25, -0.2) is 4.42 Å². The maximum Gasteiger partial charge on any atom is 0.325 e. The van der Waals surface area contributed by atoms with E-state index in [0.29, 0.717) is 18.6 Å². The summed E-state index contributed by atoms with van der Waals surface area (Å²) in [4.78, 5) is 12.0. The lowest BCUT2D eigenvalue weighted by Gasteiger charge is -2.20. The Morgan fingerprint density at radius 3 is 2.65 bits per heavy atom. The first-order chi connectivity index (χ1) is 9.45. The number of phenols is 2. The fourth-order valence-electron chi connectivity index (χ4n) is 1.69. The van der Waals surface area contributed by atoms with E-state index in [0.717, 1.165) is 12.8 Å². The molecule has 20 heavy (non-hydrogen) atoms. The molecule has 1 aromatic rings. The van der Waals surface area contributed by atoms with E-state index in [4.69, 9.17) is 16.5 Å². The van der Waals surface area contributed by atoms with Crippen molar-refractivity contribution in [2.75, 3.05) is 13.7 Å². The van der Waals surface area contributed by atoms with Crippen molar-refractivity contribution in [1.82, 2.24) is 4.42 Å². The maximum absolute atomic E-state index is 12.0. The minimum Gasteiger partial charge on any atom is -0.504 e. The van der Waals surface area contributed by atoms with Crippen molar-refractivity contribution in [3.63, 3.8) is 0 Å². The highest BCUT2D eigenvalue weighted by atomic mass is 35.5. The van der Waals surface area contributed by atoms with Gasteiger partial charge in [-0.05, 0) is 35.9 Å². The highest BCUT2D eigenvalue weighted by Gasteiger charge is 2.24. The maximum atomic E-state index is 12.0. The van der Waals surface area contributed by atoms with E-state index in [1.165, 1.54) is 16.6 Å². The minimum atomic E-state index is -0.641. The van der Waals surface area contributed by atoms with Gasteiger partial charge in [-0.2, -0.15) is 0 Å². The number of esters is 1. The molecular weight excluding hydrogens is 282 g/mol. The van der Waals surface area contributed by atoms with Gasteiger partial charge >= 0.3 is 5.97 Å². The Morgan fingerprint density at radius 1 is 1.40 bits per heavy atom. The van der Waals surface area contributed by atoms with Crippen LogP contribution in [0.4, 0.5) is 0 Å². The first kappa shape index (κ1) is 16.6. The summed E-state index contributed by atoms with van der Waals surface area (Å²) >= 11 is 5.89. The van der Waals surface area contributed by atoms with E-state index in [1.807, 2.05) is 6.92 Å². The van der Waals surface area contributed by atoms with Crippen LogP contribution in [0.1, 0.15) is 25.3 Å². The third-order valence-corrected chi connectivity index (χ3v) is 3.15. The van der Waals surface area contributed by atoms with Crippen LogP contribution in [-0.4, -0.2) is 40.3 Å². The molecule has 1 unspecified atom stereocenters. The van der Waals surface area contributed by atoms with Crippen LogP contribution in [0.2, 0.25) is 0 Å². The number of phenolic OH excluding ortho intramolecular Hbond substituents is 2. The molecule has 112 valence electrons. The lowest BCUT2D eigenvalue weighted by Crippen LogP contribution is -2.36. The van der Waals surface area contributed by atoms with Gasteiger partial charge in [-0.15, -0.1) is 0 Å². The molecule has 1 rings (SSSR count). The summed E-state index contributed by atoms with van der Waals surface area (Å²) < 4.78 is 6.42. The number of hydrogen-bond donors (Lipinski definition) is 2. The van der Waals surface area contributed by atoms with Gasteiger partial charge in [-0.1, -0.05) is 19.4 Å². The first-order valence-corrected chi connectivity index (χ1v) is 6.85. The van der Waals surface area contributed by atoms with Crippen molar-refractivity contribution in [2.45, 2.75) is 32.2 Å². The van der Waals surface area contributed by atoms with Gasteiger partial charge in [0.15, 0.2) is 11.5 Å². The van der Waals surface area contributed by atoms with Crippen LogP contribution in [0.15, 0.2) is 18.2 Å². The monoisotopic (exact) mass is 301 g/mol. The molecule has 0 aliphatic carbocycles. The number of nitrogens with zero attached hydrogens (tertiary/aromatic N) is 1. The van der Waals surface area contributed by atoms with Gasteiger partial charge in [0.25, 0.3) is 0 Å². The van der Waals surface area contributed by atoms with Crippen molar-refractivity contribution in [1.29, 1.82) is 0 Å². The lowest BCUT2D eigenvalue weighted by molar-refractivity contribution is -0.148. The van der Waals surface area contributed by atoms with Crippen molar-refractivity contribution in [3.05, 3.63) is 23.8 Å². The second kappa shape index (κ2) is 7.97. The third-order valence-electron chi connectivity index (χ3n) is 2.91. The lowest BCUT2D eigenvalue weighted by atomic mass is 10.1. The molecule has 0 saturated heterocycles. The number of unbranched alkanes of at least 4 members (excludes halogenated alkanes) is 1. The van der Waals surface area contributed by atoms with Gasteiger partial charge in [0, 0.05) is 13.5 Å². The molecule has 0 amide bonds. The molecule has 0 aliphatic heterocycles. The molecule has 0 aromatic heterocycles. The molecule has 6 heteroatoms. The SMILES string of the molecule is CCCCOC(=O)C(Cc1ccc(O)c(O)c1)N(C)Cl. The Balaban J connectivity index is 2.71. The number of aromatic hydroxyl groups is 2. The second-order valence-electron chi connectivity index (χ2n) is 4.59. The van der Waals surface area contributed by atoms with Crippen molar-refractivity contribution < 1.29 is 19.7 Å². The molecule has 0 saturated carbocycles. The summed E-state index contributed by atoms with van der Waals surface area (Å²) in [6, 6.07) is 3.76. The van der Waals surface area contributed by atoms with E-state index in [1.54, 1.807) is 13.1 Å². The molecule has 0 heterocycles. The molecule has 0 spiro atoms. The van der Waals surface area contributed by atoms with Crippen LogP contribution in [0, 0.1) is 0 Å². The number of halogens is 1. The molecule has 0 bridgehead atoms. The van der Waals surface area contributed by atoms with Gasteiger partial charge in [-0.3, -0.25) is 4.79 Å². The molecule has 0 aliphatic rings. The Kier molecular flexibility index (Phi) is 6.61. The van der Waals surface area contributed by atoms with Gasteiger partial charge in [0.05, 0.1) is 6.61 Å². The molecule has 1 aromatic carbocycles. The first-order valence-electron chi connectivity index (χ1n) is 6.51. The van der Waals surface area contributed by atoms with Gasteiger partial charge in [0.1, 0.15) is 6.04 Å². The summed E-state index contributed by atoms with van der Waals surface area (Å²) in [5.74, 6) is -0.823. The van der Waals surface area contributed by atoms with E-state index in [-0.39, 0.29) is 11.5 Å². The number of benzene rings is 1. The topological polar surface area (TPSA) is 70.0 Å². The van der Waals surface area contributed by atoms with E-state index < -0.39 is 12.0 Å². The zero-order valence-electron chi connectivity index (χ0n) is 11.7. The Labute approximate surface area is 123 Å². The highest BCUT2D eigenvalue weighted by Crippen LogP contribution is 2.26. The number of likely N-dealkylation sites (N-methyl/N-ethyl adjacent to an activating group) is 1. The normalized spacial score (nSPS) is 12.4. The van der Waals surface area contributed by atoms with Gasteiger partial charge < -0.3 is 14.9 Å². The molecule has 2 N–H and O–H groups in total. The number of rotatable bonds is 7. The van der Waals surface area contributed by atoms with Crippen LogP contribution in [0.3, 0.4) is 0 Å². The summed E-state index contributed by atoms with van der Waals surface area (Å²) in [7, 11) is 1.58. The summed E-state index contributed by atoms with van der Waals surface area (Å²) in [6.07, 6.45) is 2.05. The fourth-order valence-corrected chi connectivity index (χ4v) is 1.84. The van der Waals surface area contributed by atoms with Gasteiger partial charge in [0.2, 0.25) is 0 Å². The summed E-state index contributed by atoms with van der Waals surface area (Å²) in [6.45, 7) is 2.38. The van der Waals surface area contributed by atoms with E-state index >= 15 is 0 Å². The Hall–Kier alpha value is -1.46. The highest BCUT2D eigenvalue weighted by molar-refractivity contribution is 6.14. The number of ether oxygens (including phenoxy) is 1. The Morgan fingerprint density at radius 2 is 2.10 bits per heavy atom. The molecule has 1 atom stereocenters. The predicted octanol–water partition coefficient (Wildman–Crippen LogP) is 2.44. The van der Waals surface area contributed by atoms with Crippen LogP contribution in [-0.2, 0) is 16.0 Å². The van der Waals surface area contributed by atoms with Crippen molar-refractivity contribution in [3.8, 4) is 11.5 Å². The summed E-state index contributed by atoms with van der Waals surface area (Å²) in [5.41, 5.74) is 0.685. The quantitative estimate of drug-likeness (QED) is 0.350. The largest absolute Gasteiger partial charge is 0.504 e. The number of carbonyl (C=O) groups excluding carboxylic acids is 1. The van der Waals surface area contributed by atoms with Crippen LogP contribution in [0.25, 0.3) is 0 Å². The average Bonchev–Trinajstić information content (AvgIpc) is 2.39. The summed E-state index contributed by atoms with van der Waals surface area (Å²) in [5, 5.41) is 18.7. The van der Waals surface area contributed by atoms with Crippen LogP contribution in [0.5, 0.6) is 11.5 Å². The average molecular weight is 302 g/mol. The fraction of sp³-hybridized carbons (Fsp3) is 0.500. The minimum absolute atomic E-state index is 0.199. The standard InChI is InChI=1S/C14H20ClNO4/c1-3-4-7-20-14(19)11(16(2)15)8-10-5-6-12(17)13(18)9-10/h5-6,9,11,17-18H,3-4,7-8H2,1-2H3. The van der Waals surface area contributed by atoms with Crippen molar-refractivity contribution in [2.24, 2.45) is 0 Å². The smallest absolute Gasteiger partial charge is 0.325 e.